The average Bonchev–Trinajstić information content (AvgIpc) is 2.38. The summed E-state index contributed by atoms with van der Waals surface area (Å²) in [7, 11) is 0. The van der Waals surface area contributed by atoms with Gasteiger partial charge in [0.05, 0.1) is 0 Å². The molecule has 0 aromatic rings. The fourth-order valence-corrected chi connectivity index (χ4v) is 2.48. The molecule has 1 nitrogen and oxygen atoms in total. The summed E-state index contributed by atoms with van der Waals surface area (Å²) in [5.74, 6) is 1.54. The Morgan fingerprint density at radius 1 is 1.32 bits per heavy atom. The van der Waals surface area contributed by atoms with Crippen molar-refractivity contribution in [1.82, 2.24) is 5.32 Å². The first-order chi connectivity index (χ1) is 8.86. The van der Waals surface area contributed by atoms with E-state index in [2.05, 4.69) is 59.5 Å². The van der Waals surface area contributed by atoms with Crippen molar-refractivity contribution in [2.45, 2.75) is 54.4 Å². The van der Waals surface area contributed by atoms with Crippen LogP contribution in [0, 0.1) is 11.8 Å². The lowest BCUT2D eigenvalue weighted by Gasteiger charge is -2.21. The number of rotatable bonds is 5. The first-order valence-electron chi connectivity index (χ1n) is 7.37. The van der Waals surface area contributed by atoms with Crippen LogP contribution in [0.4, 0.5) is 0 Å². The summed E-state index contributed by atoms with van der Waals surface area (Å²) in [5, 5.41) is 3.21. The Morgan fingerprint density at radius 3 is 2.53 bits per heavy atom. The van der Waals surface area contributed by atoms with Crippen LogP contribution in [0.5, 0.6) is 0 Å². The predicted octanol–water partition coefficient (Wildman–Crippen LogP) is 5.34. The molecule has 0 amide bonds. The SMILES string of the molecule is C=C1NC=C(C)C(/C=C(\C)C[C@@H](C)C(C)CC)=C1C. The zero-order valence-corrected chi connectivity index (χ0v) is 13.4. The zero-order valence-electron chi connectivity index (χ0n) is 13.4. The van der Waals surface area contributed by atoms with Crippen molar-refractivity contribution in [3.8, 4) is 0 Å². The van der Waals surface area contributed by atoms with Gasteiger partial charge in [0.15, 0.2) is 0 Å². The largest absolute Gasteiger partial charge is 0.362 e. The maximum Gasteiger partial charge on any atom is 0.0342 e. The topological polar surface area (TPSA) is 12.0 Å². The first kappa shape index (κ1) is 15.8. The molecule has 1 aliphatic rings. The highest BCUT2D eigenvalue weighted by Gasteiger charge is 2.13. The van der Waals surface area contributed by atoms with Gasteiger partial charge < -0.3 is 5.32 Å². The second kappa shape index (κ2) is 6.79. The number of allylic oxidation sites excluding steroid dienone is 5. The smallest absolute Gasteiger partial charge is 0.0342 e. The lowest BCUT2D eigenvalue weighted by molar-refractivity contribution is 0.374. The maximum absolute atomic E-state index is 4.05. The standard InChI is InChI=1S/C18H29N/c1-8-13(3)14(4)9-12(2)10-18-15(5)11-19-17(7)16(18)6/h10-11,13-14,19H,7-9H2,1-6H3/b12-10+/t13?,14-/m1/s1. The van der Waals surface area contributed by atoms with Gasteiger partial charge >= 0.3 is 0 Å². The molecule has 0 aliphatic carbocycles. The molecule has 1 heteroatoms. The molecule has 1 aliphatic heterocycles. The van der Waals surface area contributed by atoms with E-state index in [0.717, 1.165) is 17.5 Å². The van der Waals surface area contributed by atoms with Gasteiger partial charge in [0.25, 0.3) is 0 Å². The fraction of sp³-hybridized carbons (Fsp3) is 0.556. The average molecular weight is 259 g/mol. The van der Waals surface area contributed by atoms with Gasteiger partial charge in [-0.15, -0.1) is 0 Å². The molecule has 2 atom stereocenters. The molecule has 0 saturated heterocycles. The third kappa shape index (κ3) is 4.12. The molecular weight excluding hydrogens is 230 g/mol. The monoisotopic (exact) mass is 259 g/mol. The zero-order chi connectivity index (χ0) is 14.6. The highest BCUT2D eigenvalue weighted by molar-refractivity contribution is 5.52. The minimum Gasteiger partial charge on any atom is -0.362 e. The predicted molar refractivity (Wildman–Crippen MR) is 85.7 cm³/mol. The van der Waals surface area contributed by atoms with E-state index in [1.54, 1.807) is 0 Å². The van der Waals surface area contributed by atoms with Crippen LogP contribution >= 0.6 is 0 Å². The van der Waals surface area contributed by atoms with Crippen LogP contribution in [-0.4, -0.2) is 0 Å². The molecule has 0 aromatic heterocycles. The van der Waals surface area contributed by atoms with Gasteiger partial charge in [0.1, 0.15) is 0 Å². The third-order valence-corrected chi connectivity index (χ3v) is 4.39. The number of nitrogens with one attached hydrogen (secondary N) is 1. The van der Waals surface area contributed by atoms with Gasteiger partial charge in [-0.1, -0.05) is 45.4 Å². The van der Waals surface area contributed by atoms with Gasteiger partial charge in [-0.25, -0.2) is 0 Å². The van der Waals surface area contributed by atoms with Crippen molar-refractivity contribution in [3.05, 3.63) is 46.8 Å². The van der Waals surface area contributed by atoms with Gasteiger partial charge in [-0.05, 0) is 55.7 Å². The Morgan fingerprint density at radius 2 is 1.95 bits per heavy atom. The Kier molecular flexibility index (Phi) is 5.65. The van der Waals surface area contributed by atoms with Crippen LogP contribution in [0.15, 0.2) is 46.8 Å². The van der Waals surface area contributed by atoms with Crippen molar-refractivity contribution in [1.29, 1.82) is 0 Å². The number of dihydropyridines is 1. The normalized spacial score (nSPS) is 20.0. The van der Waals surface area contributed by atoms with E-state index in [9.17, 15) is 0 Å². The Balaban J connectivity index is 2.86. The third-order valence-electron chi connectivity index (χ3n) is 4.39. The molecule has 1 rings (SSSR count). The molecule has 0 fully saturated rings. The Labute approximate surface area is 119 Å². The van der Waals surface area contributed by atoms with Crippen LogP contribution in [0.1, 0.15) is 54.4 Å². The molecule has 106 valence electrons. The van der Waals surface area contributed by atoms with Crippen LogP contribution < -0.4 is 5.32 Å². The Bertz CT molecular complexity index is 435. The van der Waals surface area contributed by atoms with Crippen molar-refractivity contribution in [2.75, 3.05) is 0 Å². The van der Waals surface area contributed by atoms with Crippen LogP contribution in [0.3, 0.4) is 0 Å². The van der Waals surface area contributed by atoms with E-state index >= 15 is 0 Å². The molecule has 1 N–H and O–H groups in total. The lowest BCUT2D eigenvalue weighted by atomic mass is 9.87. The summed E-state index contributed by atoms with van der Waals surface area (Å²) < 4.78 is 0. The van der Waals surface area contributed by atoms with Gasteiger partial charge in [0, 0.05) is 11.9 Å². The van der Waals surface area contributed by atoms with E-state index < -0.39 is 0 Å². The summed E-state index contributed by atoms with van der Waals surface area (Å²) in [4.78, 5) is 0. The molecule has 0 saturated carbocycles. The molecule has 1 heterocycles. The van der Waals surface area contributed by atoms with E-state index in [-0.39, 0.29) is 0 Å². The second-order valence-electron chi connectivity index (χ2n) is 6.05. The number of hydrogen-bond donors (Lipinski definition) is 1. The molecule has 0 spiro atoms. The summed E-state index contributed by atoms with van der Waals surface area (Å²) in [6.45, 7) is 17.6. The van der Waals surface area contributed by atoms with E-state index in [1.807, 2.05) is 6.20 Å². The maximum atomic E-state index is 4.05. The minimum absolute atomic E-state index is 0.747. The van der Waals surface area contributed by atoms with Gasteiger partial charge in [-0.3, -0.25) is 0 Å². The summed E-state index contributed by atoms with van der Waals surface area (Å²) >= 11 is 0. The van der Waals surface area contributed by atoms with Crippen LogP contribution in [0.2, 0.25) is 0 Å². The fourth-order valence-electron chi connectivity index (χ4n) is 2.48. The van der Waals surface area contributed by atoms with Crippen molar-refractivity contribution in [3.63, 3.8) is 0 Å². The Hall–Kier alpha value is -1.24. The van der Waals surface area contributed by atoms with Gasteiger partial charge in [-0.2, -0.15) is 0 Å². The molecule has 1 unspecified atom stereocenters. The highest BCUT2D eigenvalue weighted by atomic mass is 14.9. The second-order valence-corrected chi connectivity index (χ2v) is 6.05. The van der Waals surface area contributed by atoms with Crippen molar-refractivity contribution < 1.29 is 0 Å². The van der Waals surface area contributed by atoms with E-state index in [4.69, 9.17) is 0 Å². The van der Waals surface area contributed by atoms with Crippen molar-refractivity contribution in [2.24, 2.45) is 11.8 Å². The minimum atomic E-state index is 0.747. The quantitative estimate of drug-likeness (QED) is 0.702. The van der Waals surface area contributed by atoms with E-state index in [0.29, 0.717) is 0 Å². The molecule has 0 aromatic carbocycles. The summed E-state index contributed by atoms with van der Waals surface area (Å²) in [6, 6.07) is 0. The molecule has 19 heavy (non-hydrogen) atoms. The highest BCUT2D eigenvalue weighted by Crippen LogP contribution is 2.27. The van der Waals surface area contributed by atoms with Crippen molar-refractivity contribution >= 4 is 0 Å². The lowest BCUT2D eigenvalue weighted by Crippen LogP contribution is -2.13. The van der Waals surface area contributed by atoms with Gasteiger partial charge in [0.2, 0.25) is 0 Å². The van der Waals surface area contributed by atoms with Crippen LogP contribution in [0.25, 0.3) is 0 Å². The molecule has 0 radical (unpaired) electrons. The van der Waals surface area contributed by atoms with E-state index in [1.165, 1.54) is 35.1 Å². The summed E-state index contributed by atoms with van der Waals surface area (Å²) in [5.41, 5.74) is 6.36. The van der Waals surface area contributed by atoms with Crippen LogP contribution in [-0.2, 0) is 0 Å². The summed E-state index contributed by atoms with van der Waals surface area (Å²) in [6.07, 6.45) is 6.83. The molecule has 0 bridgehead atoms. The number of hydrogen-bond acceptors (Lipinski definition) is 1. The first-order valence-corrected chi connectivity index (χ1v) is 7.37. The molecular formula is C18H29N.